The normalized spacial score (nSPS) is 29.6. The van der Waals surface area contributed by atoms with Gasteiger partial charge in [-0.25, -0.2) is 0 Å². The van der Waals surface area contributed by atoms with Crippen LogP contribution in [-0.2, 0) is 0 Å². The number of anilines is 1. The van der Waals surface area contributed by atoms with E-state index in [2.05, 4.69) is 21.9 Å². The zero-order valence-corrected chi connectivity index (χ0v) is 11.2. The van der Waals surface area contributed by atoms with Gasteiger partial charge in [0, 0.05) is 31.4 Å². The van der Waals surface area contributed by atoms with Gasteiger partial charge in [-0.05, 0) is 43.0 Å². The standard InChI is InChI=1S/C14H17F3N2O/c1-9-13-8-19(7-10(13)6-18-9)11-2-4-12(5-3-11)20-14(15,16)17/h2-5,9-10,13,18H,6-8H2,1H3/t9-,10-,13-/m1/s1. The average molecular weight is 286 g/mol. The number of fused-ring (bicyclic) bond motifs is 1. The molecule has 3 nitrogen and oxygen atoms in total. The number of rotatable bonds is 2. The summed E-state index contributed by atoms with van der Waals surface area (Å²) in [6, 6.07) is 6.65. The van der Waals surface area contributed by atoms with Gasteiger partial charge < -0.3 is 15.0 Å². The number of halogens is 3. The number of hydrogen-bond donors (Lipinski definition) is 1. The Balaban J connectivity index is 1.67. The third kappa shape index (κ3) is 2.70. The van der Waals surface area contributed by atoms with E-state index in [0.29, 0.717) is 17.9 Å². The first kappa shape index (κ1) is 13.5. The van der Waals surface area contributed by atoms with Crippen LogP contribution in [-0.4, -0.2) is 32.0 Å². The van der Waals surface area contributed by atoms with Crippen molar-refractivity contribution >= 4 is 5.69 Å². The van der Waals surface area contributed by atoms with Gasteiger partial charge in [0.05, 0.1) is 0 Å². The largest absolute Gasteiger partial charge is 0.573 e. The van der Waals surface area contributed by atoms with Crippen LogP contribution < -0.4 is 15.0 Å². The van der Waals surface area contributed by atoms with Gasteiger partial charge >= 0.3 is 6.36 Å². The highest BCUT2D eigenvalue weighted by Crippen LogP contribution is 2.34. The molecule has 6 heteroatoms. The van der Waals surface area contributed by atoms with E-state index in [1.165, 1.54) is 12.1 Å². The van der Waals surface area contributed by atoms with Crippen LogP contribution in [0.2, 0.25) is 0 Å². The van der Waals surface area contributed by atoms with Crippen LogP contribution in [0.25, 0.3) is 0 Å². The number of alkyl halides is 3. The molecule has 2 aliphatic heterocycles. The van der Waals surface area contributed by atoms with E-state index in [4.69, 9.17) is 0 Å². The van der Waals surface area contributed by atoms with Crippen molar-refractivity contribution in [1.29, 1.82) is 0 Å². The molecule has 1 N–H and O–H groups in total. The molecule has 0 aromatic heterocycles. The Morgan fingerprint density at radius 2 is 1.90 bits per heavy atom. The predicted octanol–water partition coefficient (Wildman–Crippen LogP) is 2.63. The Kier molecular flexibility index (Phi) is 3.28. The van der Waals surface area contributed by atoms with E-state index >= 15 is 0 Å². The molecule has 110 valence electrons. The molecule has 1 aromatic carbocycles. The summed E-state index contributed by atoms with van der Waals surface area (Å²) in [4.78, 5) is 2.24. The summed E-state index contributed by atoms with van der Waals surface area (Å²) in [6.07, 6.45) is -4.63. The molecule has 2 fully saturated rings. The summed E-state index contributed by atoms with van der Waals surface area (Å²) in [5, 5.41) is 3.46. The van der Waals surface area contributed by atoms with Gasteiger partial charge in [0.2, 0.25) is 0 Å². The zero-order chi connectivity index (χ0) is 14.3. The molecule has 1 aromatic rings. The van der Waals surface area contributed by atoms with Gasteiger partial charge in [-0.3, -0.25) is 0 Å². The van der Waals surface area contributed by atoms with Crippen molar-refractivity contribution in [2.24, 2.45) is 11.8 Å². The molecule has 0 bridgehead atoms. The van der Waals surface area contributed by atoms with E-state index in [0.717, 1.165) is 25.3 Å². The number of hydrogen-bond acceptors (Lipinski definition) is 3. The number of benzene rings is 1. The lowest BCUT2D eigenvalue weighted by Crippen LogP contribution is -2.30. The van der Waals surface area contributed by atoms with E-state index in [9.17, 15) is 13.2 Å². The first-order valence-corrected chi connectivity index (χ1v) is 6.76. The minimum atomic E-state index is -4.63. The smallest absolute Gasteiger partial charge is 0.406 e. The van der Waals surface area contributed by atoms with Crippen molar-refractivity contribution < 1.29 is 17.9 Å². The maximum absolute atomic E-state index is 12.1. The average Bonchev–Trinajstić information content (AvgIpc) is 2.91. The van der Waals surface area contributed by atoms with Crippen LogP contribution in [0.15, 0.2) is 24.3 Å². The Bertz CT molecular complexity index is 474. The molecular formula is C14H17F3N2O. The van der Waals surface area contributed by atoms with Gasteiger partial charge in [-0.2, -0.15) is 0 Å². The SMILES string of the molecule is C[C@H]1NC[C@@H]2CN(c3ccc(OC(F)(F)F)cc3)C[C@@H]21. The van der Waals surface area contributed by atoms with Crippen LogP contribution in [0.5, 0.6) is 5.75 Å². The Morgan fingerprint density at radius 1 is 1.20 bits per heavy atom. The molecule has 0 amide bonds. The van der Waals surface area contributed by atoms with Gasteiger partial charge in [-0.1, -0.05) is 0 Å². The highest BCUT2D eigenvalue weighted by molar-refractivity contribution is 5.50. The van der Waals surface area contributed by atoms with Crippen LogP contribution in [0.3, 0.4) is 0 Å². The summed E-state index contributed by atoms with van der Waals surface area (Å²) in [7, 11) is 0. The Hall–Kier alpha value is -1.43. The number of nitrogens with zero attached hydrogens (tertiary/aromatic N) is 1. The molecular weight excluding hydrogens is 269 g/mol. The first-order valence-electron chi connectivity index (χ1n) is 6.76. The predicted molar refractivity (Wildman–Crippen MR) is 69.8 cm³/mol. The lowest BCUT2D eigenvalue weighted by molar-refractivity contribution is -0.274. The minimum Gasteiger partial charge on any atom is -0.406 e. The van der Waals surface area contributed by atoms with Crippen molar-refractivity contribution in [3.05, 3.63) is 24.3 Å². The fourth-order valence-corrected chi connectivity index (χ4v) is 3.24. The molecule has 2 saturated heterocycles. The van der Waals surface area contributed by atoms with Crippen molar-refractivity contribution in [1.82, 2.24) is 5.32 Å². The van der Waals surface area contributed by atoms with Gasteiger partial charge in [0.25, 0.3) is 0 Å². The molecule has 0 saturated carbocycles. The second-order valence-electron chi connectivity index (χ2n) is 5.57. The number of nitrogens with one attached hydrogen (secondary N) is 1. The number of ether oxygens (including phenoxy) is 1. The second-order valence-corrected chi connectivity index (χ2v) is 5.57. The minimum absolute atomic E-state index is 0.171. The Morgan fingerprint density at radius 3 is 2.50 bits per heavy atom. The van der Waals surface area contributed by atoms with Gasteiger partial charge in [-0.15, -0.1) is 13.2 Å². The molecule has 3 atom stereocenters. The van der Waals surface area contributed by atoms with E-state index < -0.39 is 6.36 Å². The van der Waals surface area contributed by atoms with Crippen LogP contribution in [0.1, 0.15) is 6.92 Å². The molecule has 3 rings (SSSR count). The summed E-state index contributed by atoms with van der Waals surface area (Å²) in [5.41, 5.74) is 0.959. The quantitative estimate of drug-likeness (QED) is 0.904. The fraction of sp³-hybridized carbons (Fsp3) is 0.571. The van der Waals surface area contributed by atoms with Crippen molar-refractivity contribution in [3.8, 4) is 5.75 Å². The third-order valence-electron chi connectivity index (χ3n) is 4.27. The van der Waals surface area contributed by atoms with Crippen LogP contribution in [0.4, 0.5) is 18.9 Å². The summed E-state index contributed by atoms with van der Waals surface area (Å²) in [6.45, 7) is 5.13. The summed E-state index contributed by atoms with van der Waals surface area (Å²) >= 11 is 0. The van der Waals surface area contributed by atoms with E-state index in [1.807, 2.05) is 0 Å². The zero-order valence-electron chi connectivity index (χ0n) is 11.2. The topological polar surface area (TPSA) is 24.5 Å². The molecule has 0 aliphatic carbocycles. The Labute approximate surface area is 115 Å². The van der Waals surface area contributed by atoms with Gasteiger partial charge in [0.1, 0.15) is 5.75 Å². The highest BCUT2D eigenvalue weighted by atomic mass is 19.4. The molecule has 0 unspecified atom stereocenters. The molecule has 2 heterocycles. The van der Waals surface area contributed by atoms with Gasteiger partial charge in [0.15, 0.2) is 0 Å². The monoisotopic (exact) mass is 286 g/mol. The highest BCUT2D eigenvalue weighted by Gasteiger charge is 2.40. The summed E-state index contributed by atoms with van der Waals surface area (Å²) < 4.78 is 40.2. The summed E-state index contributed by atoms with van der Waals surface area (Å²) in [5.74, 6) is 1.09. The van der Waals surface area contributed by atoms with Crippen molar-refractivity contribution in [3.63, 3.8) is 0 Å². The maximum atomic E-state index is 12.1. The van der Waals surface area contributed by atoms with E-state index in [-0.39, 0.29) is 5.75 Å². The lowest BCUT2D eigenvalue weighted by atomic mass is 9.95. The van der Waals surface area contributed by atoms with E-state index in [1.54, 1.807) is 12.1 Å². The third-order valence-corrected chi connectivity index (χ3v) is 4.27. The maximum Gasteiger partial charge on any atom is 0.573 e. The molecule has 20 heavy (non-hydrogen) atoms. The first-order chi connectivity index (χ1) is 9.42. The molecule has 0 radical (unpaired) electrons. The van der Waals surface area contributed by atoms with Crippen LogP contribution in [0, 0.1) is 11.8 Å². The lowest BCUT2D eigenvalue weighted by Gasteiger charge is -2.21. The molecule has 2 aliphatic rings. The fourth-order valence-electron chi connectivity index (χ4n) is 3.24. The molecule has 0 spiro atoms. The second kappa shape index (κ2) is 4.84. The van der Waals surface area contributed by atoms with Crippen molar-refractivity contribution in [2.75, 3.05) is 24.5 Å². The van der Waals surface area contributed by atoms with Crippen LogP contribution >= 0.6 is 0 Å². The van der Waals surface area contributed by atoms with Crippen molar-refractivity contribution in [2.45, 2.75) is 19.3 Å².